The molecule has 0 aliphatic heterocycles. The van der Waals surface area contributed by atoms with Crippen LogP contribution in [-0.2, 0) is 17.8 Å². The Morgan fingerprint density at radius 3 is 2.43 bits per heavy atom. The lowest BCUT2D eigenvalue weighted by Crippen LogP contribution is -2.05. The second kappa shape index (κ2) is 11.4. The zero-order valence-corrected chi connectivity index (χ0v) is 21.5. The third-order valence-corrected chi connectivity index (χ3v) is 8.02. The van der Waals surface area contributed by atoms with Gasteiger partial charge in [-0.2, -0.15) is 0 Å². The maximum absolute atomic E-state index is 15.0. The van der Waals surface area contributed by atoms with Gasteiger partial charge in [-0.1, -0.05) is 49.9 Å². The van der Waals surface area contributed by atoms with E-state index in [4.69, 9.17) is 9.47 Å². The Kier molecular flexibility index (Phi) is 7.78. The topological polar surface area (TPSA) is 55.8 Å². The molecular weight excluding hydrogens is 467 g/mol. The van der Waals surface area contributed by atoms with E-state index < -0.39 is 5.97 Å². The number of hydrogen-bond acceptors (Lipinski definition) is 3. The summed E-state index contributed by atoms with van der Waals surface area (Å²) in [6, 6.07) is 17.2. The van der Waals surface area contributed by atoms with Gasteiger partial charge in [0.2, 0.25) is 0 Å². The summed E-state index contributed by atoms with van der Waals surface area (Å²) in [6.07, 6.45) is 9.06. The van der Waals surface area contributed by atoms with Gasteiger partial charge in [0, 0.05) is 5.56 Å². The molecule has 194 valence electrons. The van der Waals surface area contributed by atoms with Crippen molar-refractivity contribution < 1.29 is 23.8 Å². The summed E-state index contributed by atoms with van der Waals surface area (Å²) < 4.78 is 26.6. The van der Waals surface area contributed by atoms with Crippen LogP contribution < -0.4 is 9.47 Å². The quantitative estimate of drug-likeness (QED) is 0.317. The molecule has 0 aromatic heterocycles. The van der Waals surface area contributed by atoms with Crippen LogP contribution in [0.5, 0.6) is 11.5 Å². The fourth-order valence-corrected chi connectivity index (χ4v) is 6.06. The highest BCUT2D eigenvalue weighted by Crippen LogP contribution is 2.40. The van der Waals surface area contributed by atoms with Crippen LogP contribution in [0.25, 0.3) is 11.1 Å². The van der Waals surface area contributed by atoms with Crippen molar-refractivity contribution in [2.45, 2.75) is 76.2 Å². The molecule has 0 bridgehead atoms. The lowest BCUT2D eigenvalue weighted by atomic mass is 9.85. The molecule has 0 heterocycles. The SMILES string of the molecule is COc1ccc(F)c(-c2ccc(COc3ccc4c(c3)[C@@H](CC(=O)O)CC4)cc2C2CCCCCC2)c1. The van der Waals surface area contributed by atoms with Gasteiger partial charge in [0.1, 0.15) is 23.9 Å². The lowest BCUT2D eigenvalue weighted by Gasteiger charge is -2.21. The molecule has 5 rings (SSSR count). The highest BCUT2D eigenvalue weighted by Gasteiger charge is 2.25. The maximum atomic E-state index is 15.0. The number of carbonyl (C=O) groups is 1. The van der Waals surface area contributed by atoms with Gasteiger partial charge in [-0.3, -0.25) is 4.79 Å². The molecule has 0 radical (unpaired) electrons. The first kappa shape index (κ1) is 25.3. The molecule has 2 aliphatic rings. The molecule has 0 unspecified atom stereocenters. The molecule has 5 heteroatoms. The molecule has 0 saturated heterocycles. The molecule has 1 N–H and O–H groups in total. The number of hydrogen-bond donors (Lipinski definition) is 1. The van der Waals surface area contributed by atoms with E-state index in [2.05, 4.69) is 12.1 Å². The zero-order chi connectivity index (χ0) is 25.8. The minimum Gasteiger partial charge on any atom is -0.497 e. The average molecular weight is 503 g/mol. The largest absolute Gasteiger partial charge is 0.497 e. The summed E-state index contributed by atoms with van der Waals surface area (Å²) in [5.74, 6) is 0.842. The van der Waals surface area contributed by atoms with Crippen LogP contribution in [0.4, 0.5) is 4.39 Å². The van der Waals surface area contributed by atoms with Crippen LogP contribution in [0.2, 0.25) is 0 Å². The number of aliphatic carboxylic acids is 1. The summed E-state index contributed by atoms with van der Waals surface area (Å²) in [4.78, 5) is 11.3. The Morgan fingerprint density at radius 2 is 1.68 bits per heavy atom. The van der Waals surface area contributed by atoms with Crippen LogP contribution in [0, 0.1) is 5.82 Å². The highest BCUT2D eigenvalue weighted by atomic mass is 19.1. The van der Waals surface area contributed by atoms with Crippen molar-refractivity contribution in [2.24, 2.45) is 0 Å². The Morgan fingerprint density at radius 1 is 0.892 bits per heavy atom. The van der Waals surface area contributed by atoms with Crippen LogP contribution in [0.1, 0.15) is 85.5 Å². The Hall–Kier alpha value is -3.34. The summed E-state index contributed by atoms with van der Waals surface area (Å²) in [5.41, 5.74) is 6.07. The minimum absolute atomic E-state index is 0.0509. The van der Waals surface area contributed by atoms with Crippen molar-refractivity contribution in [3.8, 4) is 22.6 Å². The van der Waals surface area contributed by atoms with Gasteiger partial charge in [-0.05, 0) is 95.7 Å². The van der Waals surface area contributed by atoms with Gasteiger partial charge in [0.05, 0.1) is 13.5 Å². The Bertz CT molecular complexity index is 1260. The normalized spacial score (nSPS) is 17.7. The summed E-state index contributed by atoms with van der Waals surface area (Å²) >= 11 is 0. The monoisotopic (exact) mass is 502 g/mol. The van der Waals surface area contributed by atoms with E-state index >= 15 is 0 Å². The zero-order valence-electron chi connectivity index (χ0n) is 21.5. The van der Waals surface area contributed by atoms with Crippen LogP contribution in [-0.4, -0.2) is 18.2 Å². The number of carboxylic acid groups (broad SMARTS) is 1. The van der Waals surface area contributed by atoms with E-state index in [0.717, 1.165) is 48.1 Å². The van der Waals surface area contributed by atoms with Crippen molar-refractivity contribution in [1.29, 1.82) is 0 Å². The molecule has 1 saturated carbocycles. The molecular formula is C32H35FO4. The number of methoxy groups -OCH3 is 1. The van der Waals surface area contributed by atoms with Gasteiger partial charge < -0.3 is 14.6 Å². The first-order chi connectivity index (χ1) is 18.0. The predicted octanol–water partition coefficient (Wildman–Crippen LogP) is 8.02. The molecule has 1 fully saturated rings. The van der Waals surface area contributed by atoms with Crippen LogP contribution >= 0.6 is 0 Å². The van der Waals surface area contributed by atoms with Gasteiger partial charge >= 0.3 is 5.97 Å². The van der Waals surface area contributed by atoms with Gasteiger partial charge in [-0.25, -0.2) is 4.39 Å². The number of halogens is 1. The van der Waals surface area contributed by atoms with Gasteiger partial charge in [0.15, 0.2) is 0 Å². The predicted molar refractivity (Wildman–Crippen MR) is 143 cm³/mol. The number of aryl methyl sites for hydroxylation is 1. The highest BCUT2D eigenvalue weighted by molar-refractivity contribution is 5.71. The molecule has 1 atom stereocenters. The summed E-state index contributed by atoms with van der Waals surface area (Å²) in [5, 5.41) is 9.26. The van der Waals surface area contributed by atoms with E-state index in [1.165, 1.54) is 42.9 Å². The Balaban J connectivity index is 1.42. The van der Waals surface area contributed by atoms with Crippen molar-refractivity contribution in [3.63, 3.8) is 0 Å². The van der Waals surface area contributed by atoms with E-state index in [1.807, 2.05) is 24.3 Å². The van der Waals surface area contributed by atoms with E-state index in [0.29, 0.717) is 23.8 Å². The molecule has 37 heavy (non-hydrogen) atoms. The second-order valence-electron chi connectivity index (χ2n) is 10.4. The minimum atomic E-state index is -0.761. The van der Waals surface area contributed by atoms with E-state index in [1.54, 1.807) is 19.2 Å². The standard InChI is InChI=1S/C32H35FO4/c1-36-25-13-15-31(33)30(18-25)27-14-8-21(16-29(27)22-6-4-2-3-5-7-22)20-37-26-12-11-23-9-10-24(17-32(34)35)28(23)19-26/h8,11-16,18-19,22,24H,2-7,9-10,17,20H2,1H3,(H,34,35)/t24-/m1/s1. The third-order valence-electron chi connectivity index (χ3n) is 8.02. The van der Waals surface area contributed by atoms with Crippen molar-refractivity contribution in [2.75, 3.05) is 7.11 Å². The van der Waals surface area contributed by atoms with Crippen molar-refractivity contribution >= 4 is 5.97 Å². The molecule has 3 aromatic carbocycles. The summed E-state index contributed by atoms with van der Waals surface area (Å²) in [6.45, 7) is 0.406. The molecule has 4 nitrogen and oxygen atoms in total. The molecule has 2 aliphatic carbocycles. The van der Waals surface area contributed by atoms with Gasteiger partial charge in [-0.15, -0.1) is 0 Å². The van der Waals surface area contributed by atoms with E-state index in [-0.39, 0.29) is 18.2 Å². The summed E-state index contributed by atoms with van der Waals surface area (Å²) in [7, 11) is 1.60. The number of fused-ring (bicyclic) bond motifs is 1. The lowest BCUT2D eigenvalue weighted by molar-refractivity contribution is -0.137. The Labute approximate surface area is 218 Å². The first-order valence-corrected chi connectivity index (χ1v) is 13.5. The first-order valence-electron chi connectivity index (χ1n) is 13.5. The number of carboxylic acids is 1. The molecule has 0 spiro atoms. The number of rotatable bonds is 8. The average Bonchev–Trinajstić information content (AvgIpc) is 3.10. The third kappa shape index (κ3) is 5.82. The fraction of sp³-hybridized carbons (Fsp3) is 0.406. The van der Waals surface area contributed by atoms with Crippen LogP contribution in [0.3, 0.4) is 0 Å². The van der Waals surface area contributed by atoms with E-state index in [9.17, 15) is 14.3 Å². The molecule has 0 amide bonds. The number of benzene rings is 3. The van der Waals surface area contributed by atoms with Crippen molar-refractivity contribution in [3.05, 3.63) is 82.7 Å². The molecule has 3 aromatic rings. The van der Waals surface area contributed by atoms with Crippen LogP contribution in [0.15, 0.2) is 54.6 Å². The maximum Gasteiger partial charge on any atom is 0.303 e. The fourth-order valence-electron chi connectivity index (χ4n) is 6.06. The second-order valence-corrected chi connectivity index (χ2v) is 10.4. The van der Waals surface area contributed by atoms with Crippen molar-refractivity contribution in [1.82, 2.24) is 0 Å². The number of ether oxygens (including phenoxy) is 2. The smallest absolute Gasteiger partial charge is 0.303 e. The van der Waals surface area contributed by atoms with Gasteiger partial charge in [0.25, 0.3) is 0 Å².